The zero-order chi connectivity index (χ0) is 11.0. The summed E-state index contributed by atoms with van der Waals surface area (Å²) in [5.41, 5.74) is 3.37. The van der Waals surface area contributed by atoms with Crippen LogP contribution in [0.2, 0.25) is 5.02 Å². The molecule has 0 spiro atoms. The summed E-state index contributed by atoms with van der Waals surface area (Å²) in [7, 11) is 0. The van der Waals surface area contributed by atoms with Gasteiger partial charge in [-0.05, 0) is 29.8 Å². The van der Waals surface area contributed by atoms with E-state index in [4.69, 9.17) is 11.6 Å². The second-order valence-electron chi connectivity index (χ2n) is 3.72. The molecule has 0 unspecified atom stereocenters. The van der Waals surface area contributed by atoms with Crippen molar-refractivity contribution in [1.82, 2.24) is 0 Å². The minimum absolute atomic E-state index is 0.0175. The SMILES string of the molecule is Clc1ccc(C2=CC3=CC=N[C@@H]3N=C2)cc1. The molecule has 0 saturated carbocycles. The number of allylic oxidation sites excluding steroid dienone is 2. The summed E-state index contributed by atoms with van der Waals surface area (Å²) in [5.74, 6) is 0. The number of rotatable bonds is 1. The van der Waals surface area contributed by atoms with Crippen LogP contribution in [0.3, 0.4) is 0 Å². The van der Waals surface area contributed by atoms with E-state index in [0.717, 1.165) is 21.7 Å². The molecule has 2 heterocycles. The van der Waals surface area contributed by atoms with Crippen LogP contribution in [0.5, 0.6) is 0 Å². The number of hydrogen-bond acceptors (Lipinski definition) is 2. The van der Waals surface area contributed by atoms with Crippen LogP contribution in [-0.2, 0) is 0 Å². The molecule has 2 aliphatic rings. The summed E-state index contributed by atoms with van der Waals surface area (Å²) >= 11 is 5.86. The number of fused-ring (bicyclic) bond motifs is 1. The molecule has 0 N–H and O–H groups in total. The molecule has 1 aromatic carbocycles. The van der Waals surface area contributed by atoms with Crippen molar-refractivity contribution in [3.05, 3.63) is 52.6 Å². The van der Waals surface area contributed by atoms with Crippen molar-refractivity contribution in [2.75, 3.05) is 0 Å². The Bertz CT molecular complexity index is 536. The Morgan fingerprint density at radius 1 is 1.06 bits per heavy atom. The first-order chi connectivity index (χ1) is 7.83. The number of hydrogen-bond donors (Lipinski definition) is 0. The lowest BCUT2D eigenvalue weighted by Crippen LogP contribution is -2.06. The Labute approximate surface area is 98.7 Å². The van der Waals surface area contributed by atoms with E-state index in [-0.39, 0.29) is 6.17 Å². The van der Waals surface area contributed by atoms with Gasteiger partial charge >= 0.3 is 0 Å². The Balaban J connectivity index is 1.97. The predicted molar refractivity (Wildman–Crippen MR) is 68.3 cm³/mol. The fraction of sp³-hybridized carbons (Fsp3) is 0.0769. The average molecular weight is 229 g/mol. The highest BCUT2D eigenvalue weighted by Gasteiger charge is 2.16. The van der Waals surface area contributed by atoms with Gasteiger partial charge in [0.05, 0.1) is 0 Å². The van der Waals surface area contributed by atoms with Crippen LogP contribution in [0.25, 0.3) is 5.57 Å². The van der Waals surface area contributed by atoms with Crippen molar-refractivity contribution in [2.24, 2.45) is 9.98 Å². The van der Waals surface area contributed by atoms with Crippen LogP contribution in [0, 0.1) is 0 Å². The van der Waals surface area contributed by atoms with Gasteiger partial charge in [-0.3, -0.25) is 9.98 Å². The first kappa shape index (κ1) is 9.55. The van der Waals surface area contributed by atoms with E-state index >= 15 is 0 Å². The van der Waals surface area contributed by atoms with Crippen molar-refractivity contribution in [2.45, 2.75) is 6.17 Å². The smallest absolute Gasteiger partial charge is 0.165 e. The zero-order valence-corrected chi connectivity index (χ0v) is 9.22. The molecule has 0 fully saturated rings. The Hall–Kier alpha value is -1.67. The molecule has 0 bridgehead atoms. The standard InChI is InChI=1S/C13H9ClN2/c14-12-3-1-9(2-4-12)11-7-10-5-6-15-13(10)16-8-11/h1-8,13H/t13-/m1/s1. The number of benzene rings is 1. The third-order valence-electron chi connectivity index (χ3n) is 2.65. The summed E-state index contributed by atoms with van der Waals surface area (Å²) in [6, 6.07) is 7.77. The summed E-state index contributed by atoms with van der Waals surface area (Å²) in [6.07, 6.45) is 7.77. The molecule has 0 radical (unpaired) electrons. The third kappa shape index (κ3) is 1.61. The van der Waals surface area contributed by atoms with E-state index in [9.17, 15) is 0 Å². The second-order valence-corrected chi connectivity index (χ2v) is 4.16. The number of aliphatic imine (C=N–C) groups is 2. The summed E-state index contributed by atoms with van der Waals surface area (Å²) in [5, 5.41) is 0.749. The topological polar surface area (TPSA) is 24.7 Å². The predicted octanol–water partition coefficient (Wildman–Crippen LogP) is 3.14. The lowest BCUT2D eigenvalue weighted by Gasteiger charge is -2.12. The summed E-state index contributed by atoms with van der Waals surface area (Å²) in [6.45, 7) is 0. The van der Waals surface area contributed by atoms with Gasteiger partial charge in [0.15, 0.2) is 6.17 Å². The molecule has 1 aromatic rings. The highest BCUT2D eigenvalue weighted by atomic mass is 35.5. The minimum atomic E-state index is -0.0175. The lowest BCUT2D eigenvalue weighted by atomic mass is 10.0. The monoisotopic (exact) mass is 228 g/mol. The molecular formula is C13H9ClN2. The first-order valence-electron chi connectivity index (χ1n) is 5.07. The van der Waals surface area contributed by atoms with Gasteiger partial charge in [-0.1, -0.05) is 23.7 Å². The zero-order valence-electron chi connectivity index (χ0n) is 8.47. The van der Waals surface area contributed by atoms with Crippen LogP contribution in [0.4, 0.5) is 0 Å². The Morgan fingerprint density at radius 3 is 2.69 bits per heavy atom. The van der Waals surface area contributed by atoms with Gasteiger partial charge in [0.25, 0.3) is 0 Å². The molecule has 0 amide bonds. The molecule has 3 rings (SSSR count). The van der Waals surface area contributed by atoms with E-state index in [0.29, 0.717) is 0 Å². The molecule has 0 saturated heterocycles. The van der Waals surface area contributed by atoms with Gasteiger partial charge < -0.3 is 0 Å². The van der Waals surface area contributed by atoms with Gasteiger partial charge in [0.2, 0.25) is 0 Å². The highest BCUT2D eigenvalue weighted by Crippen LogP contribution is 2.25. The van der Waals surface area contributed by atoms with Crippen LogP contribution >= 0.6 is 11.6 Å². The lowest BCUT2D eigenvalue weighted by molar-refractivity contribution is 0.865. The van der Waals surface area contributed by atoms with Crippen LogP contribution < -0.4 is 0 Å². The normalized spacial score (nSPS) is 21.7. The van der Waals surface area contributed by atoms with Gasteiger partial charge in [0, 0.05) is 28.6 Å². The van der Waals surface area contributed by atoms with E-state index in [1.807, 2.05) is 36.6 Å². The number of dihydropyridines is 1. The molecule has 3 heteroatoms. The highest BCUT2D eigenvalue weighted by molar-refractivity contribution is 6.30. The maximum atomic E-state index is 5.86. The number of halogens is 1. The second kappa shape index (κ2) is 3.72. The van der Waals surface area contributed by atoms with Gasteiger partial charge in [-0.2, -0.15) is 0 Å². The summed E-state index contributed by atoms with van der Waals surface area (Å²) in [4.78, 5) is 8.60. The maximum absolute atomic E-state index is 5.86. The minimum Gasteiger partial charge on any atom is -0.262 e. The van der Waals surface area contributed by atoms with E-state index < -0.39 is 0 Å². The fourth-order valence-electron chi connectivity index (χ4n) is 1.80. The molecule has 2 nitrogen and oxygen atoms in total. The molecule has 16 heavy (non-hydrogen) atoms. The van der Waals surface area contributed by atoms with Crippen molar-refractivity contribution in [3.63, 3.8) is 0 Å². The van der Waals surface area contributed by atoms with E-state index in [2.05, 4.69) is 16.1 Å². The van der Waals surface area contributed by atoms with Crippen LogP contribution in [0.1, 0.15) is 5.56 Å². The quantitative estimate of drug-likeness (QED) is 0.706. The van der Waals surface area contributed by atoms with E-state index in [1.165, 1.54) is 0 Å². The van der Waals surface area contributed by atoms with Crippen LogP contribution in [-0.4, -0.2) is 18.6 Å². The maximum Gasteiger partial charge on any atom is 0.165 e. The fourth-order valence-corrected chi connectivity index (χ4v) is 1.92. The van der Waals surface area contributed by atoms with E-state index in [1.54, 1.807) is 6.21 Å². The van der Waals surface area contributed by atoms with Gasteiger partial charge in [-0.15, -0.1) is 0 Å². The molecule has 0 aliphatic carbocycles. The first-order valence-corrected chi connectivity index (χ1v) is 5.45. The van der Waals surface area contributed by atoms with Crippen molar-refractivity contribution in [1.29, 1.82) is 0 Å². The molecule has 1 atom stereocenters. The molecular weight excluding hydrogens is 220 g/mol. The van der Waals surface area contributed by atoms with Gasteiger partial charge in [-0.25, -0.2) is 0 Å². The van der Waals surface area contributed by atoms with Crippen molar-refractivity contribution < 1.29 is 0 Å². The summed E-state index contributed by atoms with van der Waals surface area (Å²) < 4.78 is 0. The van der Waals surface area contributed by atoms with Crippen molar-refractivity contribution >= 4 is 29.6 Å². The Kier molecular flexibility index (Phi) is 2.22. The van der Waals surface area contributed by atoms with Gasteiger partial charge in [0.1, 0.15) is 0 Å². The molecule has 78 valence electrons. The molecule has 0 aromatic heterocycles. The third-order valence-corrected chi connectivity index (χ3v) is 2.90. The van der Waals surface area contributed by atoms with Crippen LogP contribution in [0.15, 0.2) is 52.0 Å². The number of nitrogens with zero attached hydrogens (tertiary/aromatic N) is 2. The van der Waals surface area contributed by atoms with Crippen molar-refractivity contribution in [3.8, 4) is 0 Å². The Morgan fingerprint density at radius 2 is 1.88 bits per heavy atom. The largest absolute Gasteiger partial charge is 0.262 e. The average Bonchev–Trinajstić information content (AvgIpc) is 2.77. The molecule has 2 aliphatic heterocycles.